The van der Waals surface area contributed by atoms with Crippen LogP contribution in [-0.2, 0) is 4.74 Å². The number of alkyl halides is 2. The van der Waals surface area contributed by atoms with Crippen LogP contribution in [-0.4, -0.2) is 24.7 Å². The molecule has 1 aromatic rings. The number of aromatic nitrogens is 1. The molecule has 1 heterocycles. The van der Waals surface area contributed by atoms with E-state index in [1.54, 1.807) is 29.5 Å². The first-order valence-corrected chi connectivity index (χ1v) is 5.78. The van der Waals surface area contributed by atoms with Gasteiger partial charge in [0.05, 0.1) is 28.4 Å². The highest BCUT2D eigenvalue weighted by molar-refractivity contribution is 14.1. The Morgan fingerprint density at radius 1 is 1.59 bits per heavy atom. The smallest absolute Gasteiger partial charge is 0.339 e. The summed E-state index contributed by atoms with van der Waals surface area (Å²) in [5, 5.41) is 0. The second kappa shape index (κ2) is 6.08. The highest BCUT2D eigenvalue weighted by Gasteiger charge is 2.25. The Kier molecular flexibility index (Phi) is 5.03. The predicted octanol–water partition coefficient (Wildman–Crippen LogP) is 2.81. The van der Waals surface area contributed by atoms with Crippen molar-refractivity contribution in [3.8, 4) is 5.88 Å². The second-order valence-electron chi connectivity index (χ2n) is 2.93. The summed E-state index contributed by atoms with van der Waals surface area (Å²) in [6.45, 7) is 1.72. The van der Waals surface area contributed by atoms with Crippen molar-refractivity contribution in [1.29, 1.82) is 0 Å². The van der Waals surface area contributed by atoms with Crippen molar-refractivity contribution in [2.75, 3.05) is 13.7 Å². The Labute approximate surface area is 110 Å². The molecule has 0 aromatic carbocycles. The highest BCUT2D eigenvalue weighted by atomic mass is 127. The van der Waals surface area contributed by atoms with Crippen LogP contribution < -0.4 is 4.74 Å². The number of carbonyl (C=O) groups is 1. The second-order valence-corrected chi connectivity index (χ2v) is 4.01. The van der Waals surface area contributed by atoms with E-state index in [-0.39, 0.29) is 21.6 Å². The normalized spacial score (nSPS) is 10.5. The van der Waals surface area contributed by atoms with E-state index in [0.717, 1.165) is 6.20 Å². The van der Waals surface area contributed by atoms with Crippen molar-refractivity contribution in [3.63, 3.8) is 0 Å². The zero-order valence-electron chi connectivity index (χ0n) is 9.17. The van der Waals surface area contributed by atoms with Gasteiger partial charge in [0.15, 0.2) is 0 Å². The molecule has 0 atom stereocenters. The van der Waals surface area contributed by atoms with Crippen molar-refractivity contribution < 1.29 is 23.0 Å². The van der Waals surface area contributed by atoms with Crippen LogP contribution in [0.15, 0.2) is 6.20 Å². The molecule has 0 fully saturated rings. The first-order chi connectivity index (χ1) is 8.02. The maximum absolute atomic E-state index is 12.8. The lowest BCUT2D eigenvalue weighted by atomic mass is 10.1. The van der Waals surface area contributed by atoms with Gasteiger partial charge in [0.2, 0.25) is 5.88 Å². The van der Waals surface area contributed by atoms with E-state index in [1.165, 1.54) is 7.11 Å². The van der Waals surface area contributed by atoms with Crippen LogP contribution in [0.25, 0.3) is 0 Å². The minimum atomic E-state index is -2.79. The summed E-state index contributed by atoms with van der Waals surface area (Å²) in [6.07, 6.45) is -1.86. The predicted molar refractivity (Wildman–Crippen MR) is 64.4 cm³/mol. The average Bonchev–Trinajstić information content (AvgIpc) is 2.28. The van der Waals surface area contributed by atoms with Crippen LogP contribution >= 0.6 is 22.6 Å². The van der Waals surface area contributed by atoms with Crippen LogP contribution in [0, 0.1) is 3.57 Å². The number of carbonyl (C=O) groups excluding carboxylic acids is 1. The summed E-state index contributed by atoms with van der Waals surface area (Å²) in [7, 11) is 1.35. The van der Waals surface area contributed by atoms with E-state index in [2.05, 4.69) is 4.98 Å². The third-order valence-electron chi connectivity index (χ3n) is 1.92. The van der Waals surface area contributed by atoms with Gasteiger partial charge in [-0.15, -0.1) is 0 Å². The van der Waals surface area contributed by atoms with E-state index in [1.807, 2.05) is 0 Å². The molecular formula is C10H10F2INO3. The average molecular weight is 357 g/mol. The zero-order chi connectivity index (χ0) is 13.0. The molecule has 0 aliphatic carbocycles. The fourth-order valence-corrected chi connectivity index (χ4v) is 2.09. The Hall–Kier alpha value is -0.990. The topological polar surface area (TPSA) is 48.4 Å². The lowest BCUT2D eigenvalue weighted by molar-refractivity contribution is 0.0513. The molecule has 0 aliphatic rings. The molecule has 17 heavy (non-hydrogen) atoms. The zero-order valence-corrected chi connectivity index (χ0v) is 11.3. The van der Waals surface area contributed by atoms with Crippen molar-refractivity contribution in [2.45, 2.75) is 13.3 Å². The lowest BCUT2D eigenvalue weighted by Crippen LogP contribution is -2.12. The van der Waals surface area contributed by atoms with Gasteiger partial charge in [-0.3, -0.25) is 0 Å². The van der Waals surface area contributed by atoms with E-state index >= 15 is 0 Å². The first-order valence-electron chi connectivity index (χ1n) is 4.70. The van der Waals surface area contributed by atoms with Gasteiger partial charge in [0.1, 0.15) is 0 Å². The fraction of sp³-hybridized carbons (Fsp3) is 0.400. The number of rotatable bonds is 4. The summed E-state index contributed by atoms with van der Waals surface area (Å²) in [6, 6.07) is 0. The maximum Gasteiger partial charge on any atom is 0.339 e. The Balaban J connectivity index is 3.34. The summed E-state index contributed by atoms with van der Waals surface area (Å²) in [5.41, 5.74) is -0.636. The number of hydrogen-bond acceptors (Lipinski definition) is 4. The number of nitrogens with zero attached hydrogens (tertiary/aromatic N) is 1. The molecule has 1 aromatic heterocycles. The van der Waals surface area contributed by atoms with Gasteiger partial charge in [0, 0.05) is 6.20 Å². The monoisotopic (exact) mass is 357 g/mol. The van der Waals surface area contributed by atoms with Crippen LogP contribution in [0.1, 0.15) is 29.3 Å². The van der Waals surface area contributed by atoms with Crippen LogP contribution in [0.3, 0.4) is 0 Å². The van der Waals surface area contributed by atoms with Gasteiger partial charge in [-0.25, -0.2) is 18.6 Å². The van der Waals surface area contributed by atoms with E-state index in [0.29, 0.717) is 0 Å². The molecule has 4 nitrogen and oxygen atoms in total. The Morgan fingerprint density at radius 2 is 2.24 bits per heavy atom. The summed E-state index contributed by atoms with van der Waals surface area (Å²) in [5.74, 6) is -0.675. The van der Waals surface area contributed by atoms with Crippen LogP contribution in [0.5, 0.6) is 5.88 Å². The molecule has 0 N–H and O–H groups in total. The van der Waals surface area contributed by atoms with Crippen LogP contribution in [0.2, 0.25) is 0 Å². The lowest BCUT2D eigenvalue weighted by Gasteiger charge is -2.12. The molecule has 0 spiro atoms. The molecule has 0 saturated heterocycles. The number of ether oxygens (including phenoxy) is 2. The molecular weight excluding hydrogens is 347 g/mol. The largest absolute Gasteiger partial charge is 0.480 e. The van der Waals surface area contributed by atoms with E-state index in [9.17, 15) is 13.6 Å². The number of methoxy groups -OCH3 is 1. The third kappa shape index (κ3) is 3.02. The Morgan fingerprint density at radius 3 is 2.71 bits per heavy atom. The molecule has 0 unspecified atom stereocenters. The fourth-order valence-electron chi connectivity index (χ4n) is 1.20. The van der Waals surface area contributed by atoms with Gasteiger partial charge in [-0.05, 0) is 29.5 Å². The number of halogens is 3. The summed E-state index contributed by atoms with van der Waals surface area (Å²) >= 11 is 1.73. The summed E-state index contributed by atoms with van der Waals surface area (Å²) < 4.78 is 35.3. The molecule has 1 rings (SSSR count). The minimum absolute atomic E-state index is 0.113. The van der Waals surface area contributed by atoms with Gasteiger partial charge in [-0.1, -0.05) is 0 Å². The number of hydrogen-bond donors (Lipinski definition) is 0. The summed E-state index contributed by atoms with van der Waals surface area (Å²) in [4.78, 5) is 15.3. The number of pyridine rings is 1. The van der Waals surface area contributed by atoms with Crippen molar-refractivity contribution >= 4 is 28.6 Å². The van der Waals surface area contributed by atoms with Crippen molar-refractivity contribution in [2.24, 2.45) is 0 Å². The Bertz CT molecular complexity index is 426. The minimum Gasteiger partial charge on any atom is -0.480 e. The molecule has 0 saturated carbocycles. The molecule has 0 amide bonds. The highest BCUT2D eigenvalue weighted by Crippen LogP contribution is 2.31. The van der Waals surface area contributed by atoms with Crippen molar-refractivity contribution in [1.82, 2.24) is 4.98 Å². The quantitative estimate of drug-likeness (QED) is 0.614. The maximum atomic E-state index is 12.8. The van der Waals surface area contributed by atoms with E-state index < -0.39 is 18.0 Å². The molecule has 0 aliphatic heterocycles. The third-order valence-corrected chi connectivity index (χ3v) is 2.93. The van der Waals surface area contributed by atoms with Crippen LogP contribution in [0.4, 0.5) is 8.78 Å². The standard InChI is InChI=1S/C10H10F2INO3/c1-3-17-10(15)6-5(8(11)12)4-14-9(16-2)7(6)13/h4,8H,3H2,1-2H3. The molecule has 0 radical (unpaired) electrons. The van der Waals surface area contributed by atoms with Gasteiger partial charge >= 0.3 is 5.97 Å². The molecule has 7 heteroatoms. The number of esters is 1. The molecule has 0 bridgehead atoms. The van der Waals surface area contributed by atoms with Crippen molar-refractivity contribution in [3.05, 3.63) is 20.9 Å². The first kappa shape index (κ1) is 14.1. The van der Waals surface area contributed by atoms with Gasteiger partial charge in [0.25, 0.3) is 6.43 Å². The van der Waals surface area contributed by atoms with Gasteiger partial charge < -0.3 is 9.47 Å². The van der Waals surface area contributed by atoms with Gasteiger partial charge in [-0.2, -0.15) is 0 Å². The van der Waals surface area contributed by atoms with E-state index in [4.69, 9.17) is 9.47 Å². The molecule has 94 valence electrons. The SMILES string of the molecule is CCOC(=O)c1c(C(F)F)cnc(OC)c1I.